The van der Waals surface area contributed by atoms with Gasteiger partial charge in [-0.2, -0.15) is 0 Å². The predicted molar refractivity (Wildman–Crippen MR) is 43.3 cm³/mol. The zero-order valence-corrected chi connectivity index (χ0v) is 7.14. The van der Waals surface area contributed by atoms with Gasteiger partial charge in [-0.15, -0.1) is 0 Å². The van der Waals surface area contributed by atoms with Crippen molar-refractivity contribution in [1.29, 1.82) is 5.41 Å². The lowest BCUT2D eigenvalue weighted by Gasteiger charge is -2.03. The van der Waals surface area contributed by atoms with E-state index in [4.69, 9.17) is 5.41 Å². The maximum atomic E-state index is 7.38. The number of pyridine rings is 1. The van der Waals surface area contributed by atoms with Gasteiger partial charge in [0.2, 0.25) is 0 Å². The van der Waals surface area contributed by atoms with E-state index in [2.05, 4.69) is 21.4 Å². The Morgan fingerprint density at radius 1 is 1.70 bits per heavy atom. The molecule has 0 bridgehead atoms. The lowest BCUT2D eigenvalue weighted by atomic mass is 10.5. The molecule has 0 amide bonds. The second-order valence-electron chi connectivity index (χ2n) is 1.82. The van der Waals surface area contributed by atoms with Gasteiger partial charge in [-0.25, -0.2) is 0 Å². The van der Waals surface area contributed by atoms with Gasteiger partial charge in [0, 0.05) is 17.7 Å². The quantitative estimate of drug-likeness (QED) is 0.697. The smallest absolute Gasteiger partial charge is 0.144 e. The summed E-state index contributed by atoms with van der Waals surface area (Å²) >= 11 is 3.26. The van der Waals surface area contributed by atoms with E-state index in [-0.39, 0.29) is 0 Å². The van der Waals surface area contributed by atoms with Gasteiger partial charge in [0.15, 0.2) is 0 Å². The largest absolute Gasteiger partial charge is 0.328 e. The summed E-state index contributed by atoms with van der Waals surface area (Å²) in [5.74, 6) is 0. The molecule has 0 saturated carbocycles. The number of hydrogen-bond donors (Lipinski definition) is 2. The Bertz CT molecular complexity index is 279. The third kappa shape index (κ3) is 1.39. The van der Waals surface area contributed by atoms with Gasteiger partial charge in [0.05, 0.1) is 0 Å². The minimum absolute atomic E-state index is 0.428. The molecule has 0 aliphatic carbocycles. The standard InChI is InChI=1S/C6H8BrN3/c1-9-10-3-2-5(7)4-6(10)8/h2-4,8-9H,1H3. The van der Waals surface area contributed by atoms with Crippen LogP contribution < -0.4 is 10.9 Å². The number of rotatable bonds is 1. The molecule has 54 valence electrons. The van der Waals surface area contributed by atoms with Crippen LogP contribution >= 0.6 is 15.9 Å². The molecule has 2 N–H and O–H groups in total. The molecule has 0 spiro atoms. The first-order valence-corrected chi connectivity index (χ1v) is 3.64. The Labute approximate surface area is 67.3 Å². The molecule has 1 rings (SSSR count). The minimum Gasteiger partial charge on any atom is -0.328 e. The first-order chi connectivity index (χ1) is 4.74. The van der Waals surface area contributed by atoms with E-state index in [1.807, 2.05) is 6.07 Å². The highest BCUT2D eigenvalue weighted by Gasteiger charge is 1.87. The number of nitrogens with zero attached hydrogens (tertiary/aromatic N) is 1. The minimum atomic E-state index is 0.428. The second-order valence-corrected chi connectivity index (χ2v) is 2.74. The van der Waals surface area contributed by atoms with Crippen LogP contribution in [0.15, 0.2) is 22.8 Å². The van der Waals surface area contributed by atoms with Crippen LogP contribution in [-0.2, 0) is 0 Å². The fourth-order valence-corrected chi connectivity index (χ4v) is 1.00. The molecule has 0 aromatic carbocycles. The van der Waals surface area contributed by atoms with Crippen molar-refractivity contribution >= 4 is 15.9 Å². The van der Waals surface area contributed by atoms with E-state index in [0.29, 0.717) is 5.49 Å². The zero-order valence-electron chi connectivity index (χ0n) is 5.56. The molecule has 3 nitrogen and oxygen atoms in total. The average molecular weight is 202 g/mol. The molecule has 1 aromatic heterocycles. The van der Waals surface area contributed by atoms with Crippen molar-refractivity contribution in [2.24, 2.45) is 0 Å². The van der Waals surface area contributed by atoms with Crippen LogP contribution in [0.2, 0.25) is 0 Å². The molecule has 4 heteroatoms. The highest BCUT2D eigenvalue weighted by molar-refractivity contribution is 9.10. The van der Waals surface area contributed by atoms with Crippen LogP contribution in [0.25, 0.3) is 0 Å². The Hall–Kier alpha value is -0.770. The maximum absolute atomic E-state index is 7.38. The molecule has 1 heterocycles. The normalized spacial score (nSPS) is 9.40. The van der Waals surface area contributed by atoms with Crippen LogP contribution in [-0.4, -0.2) is 11.7 Å². The Morgan fingerprint density at radius 3 is 2.90 bits per heavy atom. The van der Waals surface area contributed by atoms with Gasteiger partial charge in [-0.3, -0.25) is 10.1 Å². The Morgan fingerprint density at radius 2 is 2.40 bits per heavy atom. The van der Waals surface area contributed by atoms with Crippen LogP contribution in [0.1, 0.15) is 0 Å². The number of aromatic nitrogens is 1. The van der Waals surface area contributed by atoms with Crippen molar-refractivity contribution in [2.75, 3.05) is 12.5 Å². The summed E-state index contributed by atoms with van der Waals surface area (Å²) in [6, 6.07) is 3.59. The third-order valence-electron chi connectivity index (χ3n) is 1.16. The van der Waals surface area contributed by atoms with Gasteiger partial charge in [0.25, 0.3) is 0 Å². The van der Waals surface area contributed by atoms with Gasteiger partial charge in [-0.1, -0.05) is 15.9 Å². The SMILES string of the molecule is CNn1ccc(Br)cc1=N. The average Bonchev–Trinajstić information content (AvgIpc) is 1.88. The molecular formula is C6H8BrN3. The molecule has 0 aliphatic heterocycles. The molecular weight excluding hydrogens is 194 g/mol. The van der Waals surface area contributed by atoms with Gasteiger partial charge >= 0.3 is 0 Å². The fraction of sp³-hybridized carbons (Fsp3) is 0.167. The van der Waals surface area contributed by atoms with E-state index in [1.54, 1.807) is 24.0 Å². The number of nitrogens with one attached hydrogen (secondary N) is 2. The Balaban J connectivity index is 3.20. The monoisotopic (exact) mass is 201 g/mol. The van der Waals surface area contributed by atoms with Crippen LogP contribution in [0, 0.1) is 5.41 Å². The van der Waals surface area contributed by atoms with Crippen molar-refractivity contribution < 1.29 is 0 Å². The highest BCUT2D eigenvalue weighted by atomic mass is 79.9. The van der Waals surface area contributed by atoms with Crippen molar-refractivity contribution in [1.82, 2.24) is 4.68 Å². The van der Waals surface area contributed by atoms with Crippen molar-refractivity contribution in [3.8, 4) is 0 Å². The molecule has 0 fully saturated rings. The second kappa shape index (κ2) is 2.88. The summed E-state index contributed by atoms with van der Waals surface area (Å²) in [5.41, 5.74) is 3.26. The van der Waals surface area contributed by atoms with E-state index >= 15 is 0 Å². The molecule has 0 saturated heterocycles. The first-order valence-electron chi connectivity index (χ1n) is 2.84. The summed E-state index contributed by atoms with van der Waals surface area (Å²) in [6.45, 7) is 0. The fourth-order valence-electron chi connectivity index (χ4n) is 0.669. The molecule has 10 heavy (non-hydrogen) atoms. The van der Waals surface area contributed by atoms with Crippen LogP contribution in [0.4, 0.5) is 0 Å². The Kier molecular flexibility index (Phi) is 2.11. The highest BCUT2D eigenvalue weighted by Crippen LogP contribution is 2.02. The molecule has 0 aliphatic rings. The van der Waals surface area contributed by atoms with Crippen LogP contribution in [0.5, 0.6) is 0 Å². The lowest BCUT2D eigenvalue weighted by molar-refractivity contribution is 0.827. The number of halogens is 1. The zero-order chi connectivity index (χ0) is 7.56. The molecule has 1 aromatic rings. The summed E-state index contributed by atoms with van der Waals surface area (Å²) in [4.78, 5) is 0. The van der Waals surface area contributed by atoms with Crippen molar-refractivity contribution in [2.45, 2.75) is 0 Å². The van der Waals surface area contributed by atoms with E-state index < -0.39 is 0 Å². The van der Waals surface area contributed by atoms with E-state index in [1.165, 1.54) is 0 Å². The van der Waals surface area contributed by atoms with Gasteiger partial charge in [0.1, 0.15) is 5.49 Å². The first kappa shape index (κ1) is 7.34. The topological polar surface area (TPSA) is 40.8 Å². The maximum Gasteiger partial charge on any atom is 0.144 e. The summed E-state index contributed by atoms with van der Waals surface area (Å²) in [7, 11) is 1.77. The van der Waals surface area contributed by atoms with Gasteiger partial charge in [-0.05, 0) is 12.1 Å². The van der Waals surface area contributed by atoms with Crippen molar-refractivity contribution in [3.63, 3.8) is 0 Å². The van der Waals surface area contributed by atoms with Crippen molar-refractivity contribution in [3.05, 3.63) is 28.3 Å². The number of hydrogen-bond acceptors (Lipinski definition) is 2. The summed E-state index contributed by atoms with van der Waals surface area (Å²) in [6.07, 6.45) is 1.78. The van der Waals surface area contributed by atoms with E-state index in [9.17, 15) is 0 Å². The summed E-state index contributed by atoms with van der Waals surface area (Å²) < 4.78 is 2.54. The van der Waals surface area contributed by atoms with E-state index in [0.717, 1.165) is 4.47 Å². The van der Waals surface area contributed by atoms with Gasteiger partial charge < -0.3 is 5.43 Å². The van der Waals surface area contributed by atoms with Crippen LogP contribution in [0.3, 0.4) is 0 Å². The third-order valence-corrected chi connectivity index (χ3v) is 1.65. The molecule has 0 unspecified atom stereocenters. The summed E-state index contributed by atoms with van der Waals surface area (Å²) in [5, 5.41) is 7.38. The molecule has 0 radical (unpaired) electrons. The molecule has 0 atom stereocenters. The lowest BCUT2D eigenvalue weighted by Crippen LogP contribution is -2.24. The predicted octanol–water partition coefficient (Wildman–Crippen LogP) is 0.903.